The highest BCUT2D eigenvalue weighted by atomic mass is 19.4. The maximum atomic E-state index is 12.4. The van der Waals surface area contributed by atoms with Crippen molar-refractivity contribution < 1.29 is 22.5 Å². The molecule has 1 heterocycles. The van der Waals surface area contributed by atoms with Crippen molar-refractivity contribution in [2.24, 2.45) is 0 Å². The Bertz CT molecular complexity index is 409. The second-order valence-electron chi connectivity index (χ2n) is 2.88. The number of nitrogens with zero attached hydrogens (tertiary/aromatic N) is 1. The molecule has 0 saturated carbocycles. The van der Waals surface area contributed by atoms with Gasteiger partial charge in [-0.05, 0) is 12.5 Å². The molecule has 88 valence electrons. The number of hydrogen-bond donors (Lipinski definition) is 1. The average molecular weight is 234 g/mol. The lowest BCUT2D eigenvalue weighted by Crippen LogP contribution is -2.11. The van der Waals surface area contributed by atoms with Gasteiger partial charge in [-0.3, -0.25) is 10.1 Å². The minimum Gasteiger partial charge on any atom is -0.338 e. The number of nitrogens with one attached hydrogen (secondary N) is 1. The summed E-state index contributed by atoms with van der Waals surface area (Å²) in [5, 5.41) is 5.01. The van der Waals surface area contributed by atoms with Crippen LogP contribution in [0.4, 0.5) is 19.1 Å². The highest BCUT2D eigenvalue weighted by Crippen LogP contribution is 2.34. The summed E-state index contributed by atoms with van der Waals surface area (Å²) in [6.45, 7) is 4.68. The van der Waals surface area contributed by atoms with Crippen LogP contribution in [-0.2, 0) is 17.4 Å². The van der Waals surface area contributed by atoms with Crippen molar-refractivity contribution >= 4 is 11.8 Å². The molecule has 0 aliphatic rings. The van der Waals surface area contributed by atoms with E-state index in [9.17, 15) is 18.0 Å². The fourth-order valence-electron chi connectivity index (χ4n) is 1.12. The van der Waals surface area contributed by atoms with E-state index in [1.807, 2.05) is 0 Å². The number of alkyl halides is 3. The van der Waals surface area contributed by atoms with Crippen LogP contribution >= 0.6 is 0 Å². The van der Waals surface area contributed by atoms with Crippen LogP contribution in [0.2, 0.25) is 0 Å². The fraction of sp³-hybridized carbons (Fsp3) is 0.333. The molecule has 0 aromatic carbocycles. The fourth-order valence-corrected chi connectivity index (χ4v) is 1.12. The Morgan fingerprint density at radius 1 is 1.62 bits per heavy atom. The van der Waals surface area contributed by atoms with Gasteiger partial charge in [0.1, 0.15) is 0 Å². The Labute approximate surface area is 89.1 Å². The zero-order chi connectivity index (χ0) is 12.3. The van der Waals surface area contributed by atoms with E-state index in [-0.39, 0.29) is 17.9 Å². The number of amides is 1. The minimum atomic E-state index is -4.59. The van der Waals surface area contributed by atoms with Crippen LogP contribution in [0.5, 0.6) is 0 Å². The van der Waals surface area contributed by atoms with Crippen molar-refractivity contribution in [3.05, 3.63) is 23.9 Å². The van der Waals surface area contributed by atoms with Crippen LogP contribution < -0.4 is 5.32 Å². The third-order valence-corrected chi connectivity index (χ3v) is 1.83. The van der Waals surface area contributed by atoms with Crippen molar-refractivity contribution in [1.29, 1.82) is 0 Å². The Kier molecular flexibility index (Phi) is 3.36. The molecule has 7 heteroatoms. The van der Waals surface area contributed by atoms with Crippen molar-refractivity contribution in [1.82, 2.24) is 5.16 Å². The molecule has 16 heavy (non-hydrogen) atoms. The zero-order valence-corrected chi connectivity index (χ0v) is 8.39. The summed E-state index contributed by atoms with van der Waals surface area (Å²) in [7, 11) is 0. The molecule has 4 nitrogen and oxygen atoms in total. The molecular formula is C9H9F3N2O2. The highest BCUT2D eigenvalue weighted by molar-refractivity contribution is 5.98. The van der Waals surface area contributed by atoms with Crippen molar-refractivity contribution in [3.63, 3.8) is 0 Å². The molecule has 0 spiro atoms. The van der Waals surface area contributed by atoms with E-state index in [2.05, 4.69) is 21.6 Å². The van der Waals surface area contributed by atoms with Gasteiger partial charge in [0.2, 0.25) is 11.8 Å². The lowest BCUT2D eigenvalue weighted by molar-refractivity contribution is -0.143. The van der Waals surface area contributed by atoms with Gasteiger partial charge < -0.3 is 4.52 Å². The quantitative estimate of drug-likeness (QED) is 0.817. The smallest absolute Gasteiger partial charge is 0.338 e. The SMILES string of the molecule is C=CC(=O)Nc1onc(C(F)(F)F)c1CC. The van der Waals surface area contributed by atoms with Crippen LogP contribution in [0.15, 0.2) is 17.2 Å². The molecule has 0 atom stereocenters. The van der Waals surface area contributed by atoms with Crippen molar-refractivity contribution in [2.75, 3.05) is 5.32 Å². The molecule has 0 aliphatic carbocycles. The number of aromatic nitrogens is 1. The average Bonchev–Trinajstić information content (AvgIpc) is 2.60. The summed E-state index contributed by atoms with van der Waals surface area (Å²) in [4.78, 5) is 10.9. The first kappa shape index (κ1) is 12.3. The van der Waals surface area contributed by atoms with E-state index in [4.69, 9.17) is 0 Å². The van der Waals surface area contributed by atoms with Crippen LogP contribution in [0, 0.1) is 0 Å². The maximum Gasteiger partial charge on any atom is 0.437 e. The molecule has 0 unspecified atom stereocenters. The summed E-state index contributed by atoms with van der Waals surface area (Å²) in [6, 6.07) is 0. The topological polar surface area (TPSA) is 55.1 Å². The van der Waals surface area contributed by atoms with Gasteiger partial charge >= 0.3 is 6.18 Å². The van der Waals surface area contributed by atoms with Gasteiger partial charge in [0.15, 0.2) is 5.69 Å². The summed E-state index contributed by atoms with van der Waals surface area (Å²) >= 11 is 0. The van der Waals surface area contributed by atoms with E-state index in [1.165, 1.54) is 6.92 Å². The van der Waals surface area contributed by atoms with Gasteiger partial charge in [-0.25, -0.2) is 0 Å². The van der Waals surface area contributed by atoms with Gasteiger partial charge in [-0.15, -0.1) is 0 Å². The summed E-state index contributed by atoms with van der Waals surface area (Å²) < 4.78 is 41.7. The Hall–Kier alpha value is -1.79. The first-order chi connectivity index (χ1) is 7.40. The molecular weight excluding hydrogens is 225 g/mol. The van der Waals surface area contributed by atoms with E-state index < -0.39 is 17.8 Å². The number of carbonyl (C=O) groups is 1. The van der Waals surface area contributed by atoms with Crippen LogP contribution in [0.1, 0.15) is 18.2 Å². The predicted octanol–water partition coefficient (Wildman–Crippen LogP) is 2.38. The molecule has 0 fully saturated rings. The predicted molar refractivity (Wildman–Crippen MR) is 49.7 cm³/mol. The molecule has 1 amide bonds. The second kappa shape index (κ2) is 4.38. The van der Waals surface area contributed by atoms with E-state index >= 15 is 0 Å². The number of halogens is 3. The van der Waals surface area contributed by atoms with Crippen LogP contribution in [0.3, 0.4) is 0 Å². The maximum absolute atomic E-state index is 12.4. The Morgan fingerprint density at radius 2 is 2.25 bits per heavy atom. The zero-order valence-electron chi connectivity index (χ0n) is 8.39. The Balaban J connectivity index is 3.09. The van der Waals surface area contributed by atoms with Crippen molar-refractivity contribution in [3.8, 4) is 0 Å². The summed E-state index contributed by atoms with van der Waals surface area (Å²) in [6.07, 6.45) is -3.62. The molecule has 0 saturated heterocycles. The number of anilines is 1. The standard InChI is InChI=1S/C9H9F3N2O2/c1-3-5-7(9(10,11)12)14-16-8(5)13-6(15)4-2/h4H,2-3H2,1H3,(H,13,15). The van der Waals surface area contributed by atoms with Crippen molar-refractivity contribution in [2.45, 2.75) is 19.5 Å². The van der Waals surface area contributed by atoms with Gasteiger partial charge in [-0.2, -0.15) is 13.2 Å². The second-order valence-corrected chi connectivity index (χ2v) is 2.88. The number of hydrogen-bond acceptors (Lipinski definition) is 3. The normalized spacial score (nSPS) is 11.2. The summed E-state index contributed by atoms with van der Waals surface area (Å²) in [5.74, 6) is -0.945. The summed E-state index contributed by atoms with van der Waals surface area (Å²) in [5.41, 5.74) is -1.29. The number of carbonyl (C=O) groups excluding carboxylic acids is 1. The van der Waals surface area contributed by atoms with Crippen LogP contribution in [0.25, 0.3) is 0 Å². The van der Waals surface area contributed by atoms with Gasteiger partial charge in [0, 0.05) is 5.56 Å². The van der Waals surface area contributed by atoms with Gasteiger partial charge in [-0.1, -0.05) is 18.7 Å². The molecule has 0 bridgehead atoms. The first-order valence-corrected chi connectivity index (χ1v) is 4.39. The van der Waals surface area contributed by atoms with E-state index in [0.29, 0.717) is 0 Å². The van der Waals surface area contributed by atoms with E-state index in [1.54, 1.807) is 0 Å². The first-order valence-electron chi connectivity index (χ1n) is 4.39. The number of rotatable bonds is 3. The molecule has 1 N–H and O–H groups in total. The van der Waals surface area contributed by atoms with Crippen LogP contribution in [-0.4, -0.2) is 11.1 Å². The monoisotopic (exact) mass is 234 g/mol. The lowest BCUT2D eigenvalue weighted by atomic mass is 10.2. The molecule has 1 aromatic rings. The minimum absolute atomic E-state index is 0.0467. The highest BCUT2D eigenvalue weighted by Gasteiger charge is 2.38. The Morgan fingerprint density at radius 3 is 2.69 bits per heavy atom. The molecule has 0 radical (unpaired) electrons. The molecule has 1 aromatic heterocycles. The van der Waals surface area contributed by atoms with E-state index in [0.717, 1.165) is 6.08 Å². The van der Waals surface area contributed by atoms with Gasteiger partial charge in [0.25, 0.3) is 0 Å². The third kappa shape index (κ3) is 2.41. The van der Waals surface area contributed by atoms with Gasteiger partial charge in [0.05, 0.1) is 0 Å². The molecule has 1 rings (SSSR count). The lowest BCUT2D eigenvalue weighted by Gasteiger charge is -2.04. The molecule has 0 aliphatic heterocycles. The third-order valence-electron chi connectivity index (χ3n) is 1.83. The largest absolute Gasteiger partial charge is 0.437 e.